The molecule has 0 unspecified atom stereocenters. The van der Waals surface area contributed by atoms with Gasteiger partial charge in [-0.2, -0.15) is 0 Å². The van der Waals surface area contributed by atoms with E-state index < -0.39 is 5.60 Å². The maximum atomic E-state index is 12.9. The number of aliphatic imine (C=N–C) groups is 1. The van der Waals surface area contributed by atoms with Gasteiger partial charge >= 0.3 is 11.8 Å². The Morgan fingerprint density at radius 2 is 2.04 bits per heavy atom. The molecule has 0 bridgehead atoms. The van der Waals surface area contributed by atoms with E-state index in [2.05, 4.69) is 4.99 Å². The zero-order valence-corrected chi connectivity index (χ0v) is 17.4. The highest BCUT2D eigenvalue weighted by Gasteiger charge is 2.29. The van der Waals surface area contributed by atoms with Gasteiger partial charge in [-0.1, -0.05) is 0 Å². The first-order valence-electron chi connectivity index (χ1n) is 9.62. The number of imidazole rings is 1. The first-order valence-corrected chi connectivity index (χ1v) is 9.62. The Hall–Kier alpha value is -2.83. The largest absolute Gasteiger partial charge is 0.443 e. The Balaban J connectivity index is 2.03. The first-order chi connectivity index (χ1) is 13.2. The molecule has 0 atom stereocenters. The summed E-state index contributed by atoms with van der Waals surface area (Å²) >= 11 is 0. The van der Waals surface area contributed by atoms with E-state index in [9.17, 15) is 9.59 Å². The molecule has 150 valence electrons. The van der Waals surface area contributed by atoms with Gasteiger partial charge in [0.1, 0.15) is 5.60 Å². The first kappa shape index (κ1) is 19.9. The number of benzene rings is 1. The molecular weight excluding hydrogens is 356 g/mol. The molecule has 1 aromatic carbocycles. The third-order valence-corrected chi connectivity index (χ3v) is 4.76. The maximum Gasteiger partial charge on any atom is 0.414 e. The number of fused-ring (bicyclic) bond motifs is 1. The molecule has 0 radical (unpaired) electrons. The van der Waals surface area contributed by atoms with Crippen LogP contribution in [-0.4, -0.2) is 33.6 Å². The van der Waals surface area contributed by atoms with Crippen molar-refractivity contribution in [3.8, 4) is 5.69 Å². The van der Waals surface area contributed by atoms with E-state index in [0.29, 0.717) is 18.9 Å². The molecule has 1 aliphatic rings. The molecular formula is C21H28N4O3. The highest BCUT2D eigenvalue weighted by molar-refractivity contribution is 5.90. The zero-order valence-electron chi connectivity index (χ0n) is 17.4. The summed E-state index contributed by atoms with van der Waals surface area (Å²) in [5.74, 6) is 0.635. The number of ether oxygens (including phenoxy) is 1. The summed E-state index contributed by atoms with van der Waals surface area (Å²) in [5, 5.41) is 0. The fourth-order valence-electron chi connectivity index (χ4n) is 3.55. The van der Waals surface area contributed by atoms with Crippen LogP contribution in [-0.2, 0) is 17.7 Å². The van der Waals surface area contributed by atoms with Crippen molar-refractivity contribution in [1.82, 2.24) is 9.13 Å². The predicted molar refractivity (Wildman–Crippen MR) is 112 cm³/mol. The van der Waals surface area contributed by atoms with Gasteiger partial charge in [-0.3, -0.25) is 9.47 Å². The normalized spacial score (nSPS) is 14.0. The standard InChI is InChI=1S/C21H28N4O3/c1-7-22-18-14(3)23(8-2)19(26)25(18)16-9-10-17-15(13-16)11-12-24(17)20(27)28-21(4,5)6/h7,9-10,13H,8,11-12H2,1-6H3. The summed E-state index contributed by atoms with van der Waals surface area (Å²) in [6.07, 6.45) is 2.06. The van der Waals surface area contributed by atoms with Crippen molar-refractivity contribution < 1.29 is 9.53 Å². The Bertz CT molecular complexity index is 992. The lowest BCUT2D eigenvalue weighted by molar-refractivity contribution is 0.0584. The van der Waals surface area contributed by atoms with Gasteiger partial charge in [0.25, 0.3) is 0 Å². The number of aromatic nitrogens is 2. The zero-order chi connectivity index (χ0) is 20.6. The van der Waals surface area contributed by atoms with E-state index in [1.807, 2.05) is 59.7 Å². The van der Waals surface area contributed by atoms with Crippen molar-refractivity contribution in [2.45, 2.75) is 60.1 Å². The minimum atomic E-state index is -0.541. The number of hydrogen-bond donors (Lipinski definition) is 0. The predicted octanol–water partition coefficient (Wildman–Crippen LogP) is 3.99. The smallest absolute Gasteiger partial charge is 0.414 e. The second-order valence-electron chi connectivity index (χ2n) is 7.85. The van der Waals surface area contributed by atoms with Gasteiger partial charge in [0, 0.05) is 19.3 Å². The summed E-state index contributed by atoms with van der Waals surface area (Å²) in [5.41, 5.74) is 2.79. The molecule has 28 heavy (non-hydrogen) atoms. The fraction of sp³-hybridized carbons (Fsp3) is 0.476. The molecule has 0 saturated heterocycles. The lowest BCUT2D eigenvalue weighted by Gasteiger charge is -2.24. The van der Waals surface area contributed by atoms with Crippen LogP contribution >= 0.6 is 0 Å². The molecule has 2 heterocycles. The van der Waals surface area contributed by atoms with Gasteiger partial charge in [-0.05, 0) is 71.7 Å². The molecule has 0 spiro atoms. The van der Waals surface area contributed by atoms with Gasteiger partial charge in [0.2, 0.25) is 0 Å². The molecule has 1 amide bonds. The van der Waals surface area contributed by atoms with Crippen LogP contribution in [0.2, 0.25) is 0 Å². The highest BCUT2D eigenvalue weighted by atomic mass is 16.6. The summed E-state index contributed by atoms with van der Waals surface area (Å²) in [6, 6.07) is 5.71. The van der Waals surface area contributed by atoms with Crippen molar-refractivity contribution >= 4 is 23.8 Å². The summed E-state index contributed by atoms with van der Waals surface area (Å²) in [6.45, 7) is 12.4. The average molecular weight is 384 g/mol. The quantitative estimate of drug-likeness (QED) is 0.752. The Kier molecular flexibility index (Phi) is 5.19. The van der Waals surface area contributed by atoms with Crippen LogP contribution in [0.15, 0.2) is 28.0 Å². The van der Waals surface area contributed by atoms with E-state index in [4.69, 9.17) is 4.74 Å². The number of amides is 1. The van der Waals surface area contributed by atoms with Crippen LogP contribution in [0.25, 0.3) is 5.69 Å². The van der Waals surface area contributed by atoms with Crippen LogP contribution in [0.1, 0.15) is 45.9 Å². The van der Waals surface area contributed by atoms with E-state index in [1.165, 1.54) is 0 Å². The number of carbonyl (C=O) groups excluding carboxylic acids is 1. The van der Waals surface area contributed by atoms with Crippen LogP contribution in [0.5, 0.6) is 0 Å². The van der Waals surface area contributed by atoms with Crippen molar-refractivity contribution in [3.05, 3.63) is 39.9 Å². The number of nitrogens with zero attached hydrogens (tertiary/aromatic N) is 4. The third-order valence-electron chi connectivity index (χ3n) is 4.76. The summed E-state index contributed by atoms with van der Waals surface area (Å²) < 4.78 is 8.85. The Morgan fingerprint density at radius 3 is 2.64 bits per heavy atom. The SMILES string of the molecule is CC=Nc1c(C)n(CC)c(=O)n1-c1ccc2c(c1)CCN2C(=O)OC(C)(C)C. The third kappa shape index (κ3) is 3.48. The highest BCUT2D eigenvalue weighted by Crippen LogP contribution is 2.32. The number of anilines is 1. The minimum Gasteiger partial charge on any atom is -0.443 e. The van der Waals surface area contributed by atoms with Crippen LogP contribution in [0.4, 0.5) is 16.3 Å². The molecule has 0 aliphatic carbocycles. The van der Waals surface area contributed by atoms with Crippen LogP contribution < -0.4 is 10.6 Å². The molecule has 7 nitrogen and oxygen atoms in total. The van der Waals surface area contributed by atoms with Gasteiger partial charge < -0.3 is 4.74 Å². The molecule has 0 N–H and O–H groups in total. The topological polar surface area (TPSA) is 68.8 Å². The van der Waals surface area contributed by atoms with Gasteiger partial charge in [-0.15, -0.1) is 0 Å². The molecule has 7 heteroatoms. The Morgan fingerprint density at radius 1 is 1.32 bits per heavy atom. The van der Waals surface area contributed by atoms with Gasteiger partial charge in [-0.25, -0.2) is 19.1 Å². The molecule has 1 aromatic heterocycles. The lowest BCUT2D eigenvalue weighted by atomic mass is 10.1. The summed E-state index contributed by atoms with van der Waals surface area (Å²) in [4.78, 5) is 31.5. The van der Waals surface area contributed by atoms with Crippen molar-refractivity contribution in [1.29, 1.82) is 0 Å². The van der Waals surface area contributed by atoms with Gasteiger partial charge in [0.15, 0.2) is 5.82 Å². The molecule has 3 rings (SSSR count). The maximum absolute atomic E-state index is 12.9. The monoisotopic (exact) mass is 384 g/mol. The number of carbonyl (C=O) groups is 1. The number of hydrogen-bond acceptors (Lipinski definition) is 4. The van der Waals surface area contributed by atoms with Crippen LogP contribution in [0, 0.1) is 6.92 Å². The molecule has 0 saturated carbocycles. The Labute approximate surface area is 165 Å². The molecule has 0 fully saturated rings. The second-order valence-corrected chi connectivity index (χ2v) is 7.85. The van der Waals surface area contributed by atoms with Crippen molar-refractivity contribution in [2.75, 3.05) is 11.4 Å². The van der Waals surface area contributed by atoms with E-state index in [-0.39, 0.29) is 11.8 Å². The van der Waals surface area contributed by atoms with Gasteiger partial charge in [0.05, 0.1) is 17.1 Å². The number of rotatable bonds is 3. The van der Waals surface area contributed by atoms with Crippen molar-refractivity contribution in [3.63, 3.8) is 0 Å². The molecule has 1 aliphatic heterocycles. The van der Waals surface area contributed by atoms with Crippen LogP contribution in [0.3, 0.4) is 0 Å². The minimum absolute atomic E-state index is 0.109. The lowest BCUT2D eigenvalue weighted by Crippen LogP contribution is -2.35. The van der Waals surface area contributed by atoms with Crippen molar-refractivity contribution in [2.24, 2.45) is 4.99 Å². The van der Waals surface area contributed by atoms with E-state index >= 15 is 0 Å². The fourth-order valence-corrected chi connectivity index (χ4v) is 3.55. The second kappa shape index (κ2) is 7.30. The average Bonchev–Trinajstić information content (AvgIpc) is 3.12. The molecule has 2 aromatic rings. The van der Waals surface area contributed by atoms with E-state index in [0.717, 1.165) is 29.1 Å². The van der Waals surface area contributed by atoms with E-state index in [1.54, 1.807) is 20.2 Å². The summed E-state index contributed by atoms with van der Waals surface area (Å²) in [7, 11) is 0.